The first kappa shape index (κ1) is 42.4. The molecule has 0 unspecified atom stereocenters. The number of hydrogen-bond acceptors (Lipinski definition) is 12. The van der Waals surface area contributed by atoms with Gasteiger partial charge in [-0.25, -0.2) is 4.79 Å². The Bertz CT molecular complexity index is 1560. The van der Waals surface area contributed by atoms with Gasteiger partial charge in [0.25, 0.3) is 0 Å². The zero-order valence-corrected chi connectivity index (χ0v) is 34.0. The molecule has 2 heterocycles. The van der Waals surface area contributed by atoms with Crippen molar-refractivity contribution in [3.05, 3.63) is 11.6 Å². The maximum absolute atomic E-state index is 13.1. The molecule has 7 rings (SSSR count). The molecule has 318 valence electrons. The summed E-state index contributed by atoms with van der Waals surface area (Å²) in [7, 11) is 0. The highest BCUT2D eigenvalue weighted by Crippen LogP contribution is 2.76. The van der Waals surface area contributed by atoms with Crippen molar-refractivity contribution in [1.29, 1.82) is 0 Å². The Morgan fingerprint density at radius 2 is 1.43 bits per heavy atom. The molecular formula is C42H66O14. The lowest BCUT2D eigenvalue weighted by Crippen LogP contribution is -2.67. The van der Waals surface area contributed by atoms with E-state index in [9.17, 15) is 50.4 Å². The van der Waals surface area contributed by atoms with Crippen molar-refractivity contribution in [3.8, 4) is 0 Å². The second-order valence-electron chi connectivity index (χ2n) is 20.7. The van der Waals surface area contributed by atoms with Crippen LogP contribution in [0.5, 0.6) is 0 Å². The molecule has 2 aliphatic heterocycles. The lowest BCUT2D eigenvalue weighted by molar-refractivity contribution is -0.375. The Kier molecular flexibility index (Phi) is 10.8. The standard InChI is InChI=1S/C42H66O14/c1-37(2)14-16-42(36(51)52)17-15-40(6)20(21(42)18-37)8-9-24-39(5)12-11-25(38(3,4)23(39)10-13-41(24,40)7)54-35-32(28(46)26(44)22(19-43)53-35)56-34-30(48)27(45)29(47)31(55-34)33(49)50/h8,21-32,34-35,43-48H,9-19H2,1-7H3,(H,49,50)(H,51,52)/t21-,22+,23-,24+,25-,26+,27-,28-,29-,30+,31-,32+,34-,35-,39-,40+,41+,42-/m0/s1. The molecule has 0 aromatic rings. The number of aliphatic hydroxyl groups is 6. The molecule has 0 bridgehead atoms. The average molecular weight is 795 g/mol. The van der Waals surface area contributed by atoms with E-state index in [0.29, 0.717) is 18.8 Å². The summed E-state index contributed by atoms with van der Waals surface area (Å²) in [4.78, 5) is 24.8. The molecule has 0 spiro atoms. The average Bonchev–Trinajstić information content (AvgIpc) is 3.12. The van der Waals surface area contributed by atoms with Crippen LogP contribution >= 0.6 is 0 Å². The molecule has 4 saturated carbocycles. The summed E-state index contributed by atoms with van der Waals surface area (Å²) in [5.74, 6) is -1.69. The van der Waals surface area contributed by atoms with Crippen LogP contribution in [0.25, 0.3) is 0 Å². The summed E-state index contributed by atoms with van der Waals surface area (Å²) in [6, 6.07) is 0. The van der Waals surface area contributed by atoms with Crippen molar-refractivity contribution in [1.82, 2.24) is 0 Å². The summed E-state index contributed by atoms with van der Waals surface area (Å²) in [6.45, 7) is 15.6. The molecule has 56 heavy (non-hydrogen) atoms. The molecule has 2 saturated heterocycles. The van der Waals surface area contributed by atoms with E-state index in [1.54, 1.807) is 0 Å². The van der Waals surface area contributed by atoms with Gasteiger partial charge >= 0.3 is 11.9 Å². The van der Waals surface area contributed by atoms with Crippen LogP contribution in [0.1, 0.15) is 113 Å². The summed E-state index contributed by atoms with van der Waals surface area (Å²) in [5, 5.41) is 83.8. The first-order valence-electron chi connectivity index (χ1n) is 20.8. The van der Waals surface area contributed by atoms with Gasteiger partial charge in [0.1, 0.15) is 42.7 Å². The Balaban J connectivity index is 1.15. The molecule has 7 aliphatic rings. The van der Waals surface area contributed by atoms with Crippen molar-refractivity contribution in [2.75, 3.05) is 6.61 Å². The van der Waals surface area contributed by atoms with Crippen LogP contribution in [0.15, 0.2) is 11.6 Å². The highest BCUT2D eigenvalue weighted by molar-refractivity contribution is 5.76. The first-order valence-corrected chi connectivity index (χ1v) is 20.8. The fraction of sp³-hybridized carbons (Fsp3) is 0.905. The number of carbonyl (C=O) groups is 2. The fourth-order valence-corrected chi connectivity index (χ4v) is 13.6. The van der Waals surface area contributed by atoms with E-state index in [1.165, 1.54) is 5.57 Å². The molecule has 18 atom stereocenters. The molecule has 5 aliphatic carbocycles. The van der Waals surface area contributed by atoms with Crippen molar-refractivity contribution in [3.63, 3.8) is 0 Å². The van der Waals surface area contributed by atoms with Gasteiger partial charge in [0.2, 0.25) is 0 Å². The van der Waals surface area contributed by atoms with E-state index < -0.39 is 96.9 Å². The third-order valence-corrected chi connectivity index (χ3v) is 17.2. The van der Waals surface area contributed by atoms with Crippen LogP contribution in [0.4, 0.5) is 0 Å². The smallest absolute Gasteiger partial charge is 0.335 e. The van der Waals surface area contributed by atoms with E-state index >= 15 is 0 Å². The minimum Gasteiger partial charge on any atom is -0.481 e. The lowest BCUT2D eigenvalue weighted by atomic mass is 9.33. The van der Waals surface area contributed by atoms with Crippen molar-refractivity contribution in [2.24, 2.45) is 50.2 Å². The van der Waals surface area contributed by atoms with Crippen LogP contribution < -0.4 is 0 Å². The van der Waals surface area contributed by atoms with E-state index in [2.05, 4.69) is 54.5 Å². The number of carboxylic acid groups (broad SMARTS) is 2. The first-order chi connectivity index (χ1) is 26.0. The third-order valence-electron chi connectivity index (χ3n) is 17.2. The number of allylic oxidation sites excluding steroid dienone is 2. The van der Waals surface area contributed by atoms with Crippen LogP contribution in [-0.2, 0) is 28.5 Å². The number of aliphatic hydroxyl groups excluding tert-OH is 6. The predicted molar refractivity (Wildman–Crippen MR) is 198 cm³/mol. The monoisotopic (exact) mass is 794 g/mol. The van der Waals surface area contributed by atoms with Gasteiger partial charge in [0.15, 0.2) is 18.7 Å². The molecule has 0 amide bonds. The second-order valence-corrected chi connectivity index (χ2v) is 20.7. The molecule has 8 N–H and O–H groups in total. The third kappa shape index (κ3) is 6.17. The van der Waals surface area contributed by atoms with Gasteiger partial charge in [-0.05, 0) is 109 Å². The van der Waals surface area contributed by atoms with Gasteiger partial charge in [0, 0.05) is 0 Å². The number of fused-ring (bicyclic) bond motifs is 7. The van der Waals surface area contributed by atoms with Crippen molar-refractivity contribution in [2.45, 2.75) is 180 Å². The molecule has 0 radical (unpaired) electrons. The second kappa shape index (κ2) is 14.2. The molecule has 0 aromatic carbocycles. The number of rotatable bonds is 7. The maximum Gasteiger partial charge on any atom is 0.335 e. The minimum absolute atomic E-state index is 0.0251. The molecule has 14 nitrogen and oxygen atoms in total. The SMILES string of the molecule is CC1(C)CC[C@]2(C(=O)O)CC[C@]3(C)C(=CC[C@@H]4[C@@]5(C)CC[C@H](O[C@@H]6O[C@H](CO)[C@@H](O)[C@H](O)[C@H]6O[C@@H]6O[C@H](C(=O)O)[C@@H](O)[C@H](O)[C@H]6O)C(C)(C)[C@@H]5CC[C@]43C)[C@@H]2C1. The maximum atomic E-state index is 13.1. The highest BCUT2D eigenvalue weighted by atomic mass is 16.8. The minimum atomic E-state index is -1.95. The van der Waals surface area contributed by atoms with Gasteiger partial charge in [-0.1, -0.05) is 60.1 Å². The molecular weight excluding hydrogens is 728 g/mol. The quantitative estimate of drug-likeness (QED) is 0.137. The van der Waals surface area contributed by atoms with E-state index in [-0.39, 0.29) is 33.5 Å². The normalized spacial score (nSPS) is 52.3. The van der Waals surface area contributed by atoms with Gasteiger partial charge in [-0.15, -0.1) is 0 Å². The fourth-order valence-electron chi connectivity index (χ4n) is 13.6. The summed E-state index contributed by atoms with van der Waals surface area (Å²) >= 11 is 0. The van der Waals surface area contributed by atoms with E-state index in [4.69, 9.17) is 18.9 Å². The van der Waals surface area contributed by atoms with Crippen LogP contribution in [-0.4, -0.2) is 127 Å². The van der Waals surface area contributed by atoms with Crippen molar-refractivity contribution >= 4 is 11.9 Å². The number of ether oxygens (including phenoxy) is 4. The van der Waals surface area contributed by atoms with Gasteiger partial charge in [-0.3, -0.25) is 4.79 Å². The summed E-state index contributed by atoms with van der Waals surface area (Å²) in [5.41, 5.74) is 0.0256. The van der Waals surface area contributed by atoms with Crippen LogP contribution in [0, 0.1) is 50.2 Å². The van der Waals surface area contributed by atoms with Crippen LogP contribution in [0.3, 0.4) is 0 Å². The molecule has 14 heteroatoms. The van der Waals surface area contributed by atoms with Crippen LogP contribution in [0.2, 0.25) is 0 Å². The van der Waals surface area contributed by atoms with E-state index in [0.717, 1.165) is 51.4 Å². The van der Waals surface area contributed by atoms with Crippen molar-refractivity contribution < 1.29 is 69.4 Å². The summed E-state index contributed by atoms with van der Waals surface area (Å²) < 4.78 is 24.0. The zero-order chi connectivity index (χ0) is 41.1. The predicted octanol–water partition coefficient (Wildman–Crippen LogP) is 2.97. The molecule has 6 fully saturated rings. The Hall–Kier alpha value is -1.72. The summed E-state index contributed by atoms with van der Waals surface area (Å²) in [6.07, 6.45) is -6.86. The van der Waals surface area contributed by atoms with Gasteiger partial charge in [-0.2, -0.15) is 0 Å². The Morgan fingerprint density at radius 3 is 2.07 bits per heavy atom. The number of carboxylic acids is 2. The zero-order valence-electron chi connectivity index (χ0n) is 34.0. The Morgan fingerprint density at radius 1 is 0.750 bits per heavy atom. The number of aliphatic carboxylic acids is 2. The Labute approximate surface area is 329 Å². The van der Waals surface area contributed by atoms with Gasteiger partial charge < -0.3 is 59.8 Å². The topological polar surface area (TPSA) is 233 Å². The van der Waals surface area contributed by atoms with E-state index in [1.807, 2.05) is 0 Å². The lowest BCUT2D eigenvalue weighted by Gasteiger charge is -2.71. The number of hydrogen-bond donors (Lipinski definition) is 8. The highest BCUT2D eigenvalue weighted by Gasteiger charge is 2.69. The molecule has 0 aromatic heterocycles. The van der Waals surface area contributed by atoms with Gasteiger partial charge in [0.05, 0.1) is 18.1 Å². The largest absolute Gasteiger partial charge is 0.481 e.